The molecule has 1 fully saturated rings. The fraction of sp³-hybridized carbons (Fsp3) is 0.941. The monoisotopic (exact) mass is 440 g/mol. The van der Waals surface area contributed by atoms with Crippen LogP contribution in [0.3, 0.4) is 0 Å². The topological polar surface area (TPSA) is 48.9 Å². The van der Waals surface area contributed by atoms with E-state index in [-0.39, 0.29) is 24.0 Å². The van der Waals surface area contributed by atoms with Crippen LogP contribution in [-0.4, -0.2) is 63.3 Å². The third-order valence-electron chi connectivity index (χ3n) is 4.18. The van der Waals surface area contributed by atoms with Crippen LogP contribution in [0.2, 0.25) is 0 Å². The molecule has 6 heteroatoms. The first-order chi connectivity index (χ1) is 10.7. The van der Waals surface area contributed by atoms with E-state index in [0.29, 0.717) is 6.04 Å². The molecule has 1 atom stereocenters. The van der Waals surface area contributed by atoms with Crippen molar-refractivity contribution in [1.82, 2.24) is 15.5 Å². The lowest BCUT2D eigenvalue weighted by Crippen LogP contribution is -2.45. The van der Waals surface area contributed by atoms with Gasteiger partial charge in [0.2, 0.25) is 0 Å². The molecule has 138 valence electrons. The van der Waals surface area contributed by atoms with Crippen molar-refractivity contribution in [1.29, 1.82) is 0 Å². The summed E-state index contributed by atoms with van der Waals surface area (Å²) in [6, 6.07) is 1.26. The van der Waals surface area contributed by atoms with Gasteiger partial charge in [-0.2, -0.15) is 0 Å². The van der Waals surface area contributed by atoms with E-state index in [2.05, 4.69) is 34.4 Å². The van der Waals surface area contributed by atoms with Crippen molar-refractivity contribution in [3.63, 3.8) is 0 Å². The number of nitrogens with one attached hydrogen (secondary N) is 2. The van der Waals surface area contributed by atoms with E-state index >= 15 is 0 Å². The summed E-state index contributed by atoms with van der Waals surface area (Å²) < 4.78 is 5.20. The first kappa shape index (κ1) is 22.9. The van der Waals surface area contributed by atoms with Crippen molar-refractivity contribution in [2.45, 2.75) is 64.5 Å². The van der Waals surface area contributed by atoms with Gasteiger partial charge in [0.25, 0.3) is 0 Å². The number of nitrogens with zero attached hydrogens (tertiary/aromatic N) is 2. The van der Waals surface area contributed by atoms with Gasteiger partial charge in [0.15, 0.2) is 5.96 Å². The molecule has 0 saturated heterocycles. The summed E-state index contributed by atoms with van der Waals surface area (Å²) in [6.07, 6.45) is 7.76. The highest BCUT2D eigenvalue weighted by Crippen LogP contribution is 2.25. The maximum Gasteiger partial charge on any atom is 0.191 e. The molecule has 0 aromatic rings. The molecule has 0 radical (unpaired) electrons. The van der Waals surface area contributed by atoms with Crippen molar-refractivity contribution in [2.75, 3.05) is 40.4 Å². The van der Waals surface area contributed by atoms with Crippen molar-refractivity contribution >= 4 is 29.9 Å². The number of hydrogen-bond donors (Lipinski definition) is 2. The van der Waals surface area contributed by atoms with Crippen molar-refractivity contribution in [3.8, 4) is 0 Å². The molecule has 2 N–H and O–H groups in total. The summed E-state index contributed by atoms with van der Waals surface area (Å²) >= 11 is 0. The zero-order chi connectivity index (χ0) is 16.2. The Bertz CT molecular complexity index is 311. The van der Waals surface area contributed by atoms with Crippen LogP contribution >= 0.6 is 24.0 Å². The van der Waals surface area contributed by atoms with Gasteiger partial charge in [-0.25, -0.2) is 0 Å². The molecule has 1 saturated carbocycles. The third-order valence-corrected chi connectivity index (χ3v) is 4.18. The van der Waals surface area contributed by atoms with Gasteiger partial charge in [-0.3, -0.25) is 9.89 Å². The van der Waals surface area contributed by atoms with Crippen LogP contribution in [0.5, 0.6) is 0 Å². The van der Waals surface area contributed by atoms with E-state index in [9.17, 15) is 0 Å². The first-order valence-electron chi connectivity index (χ1n) is 8.91. The number of aliphatic imine (C=N–C) groups is 1. The standard InChI is InChI=1S/C17H36N4O.HI/c1-5-6-7-8-15(2)20-17(18-3)19-11-12-21(13-14-22-4)16-9-10-16;/h15-16H,5-14H2,1-4H3,(H2,18,19,20);1H. The highest BCUT2D eigenvalue weighted by Gasteiger charge is 2.28. The summed E-state index contributed by atoms with van der Waals surface area (Å²) in [5, 5.41) is 6.92. The molecule has 0 amide bonds. The van der Waals surface area contributed by atoms with Gasteiger partial charge in [-0.15, -0.1) is 24.0 Å². The number of methoxy groups -OCH3 is 1. The molecular weight excluding hydrogens is 403 g/mol. The smallest absolute Gasteiger partial charge is 0.191 e. The minimum atomic E-state index is 0. The number of ether oxygens (including phenoxy) is 1. The molecule has 1 aliphatic rings. The van der Waals surface area contributed by atoms with Crippen LogP contribution in [0.15, 0.2) is 4.99 Å². The molecule has 0 heterocycles. The summed E-state index contributed by atoms with van der Waals surface area (Å²) in [6.45, 7) is 8.31. The number of halogens is 1. The second-order valence-corrected chi connectivity index (χ2v) is 6.30. The lowest BCUT2D eigenvalue weighted by Gasteiger charge is -2.23. The van der Waals surface area contributed by atoms with Gasteiger partial charge in [0.1, 0.15) is 0 Å². The number of hydrogen-bond acceptors (Lipinski definition) is 3. The maximum atomic E-state index is 5.20. The first-order valence-corrected chi connectivity index (χ1v) is 8.91. The SMILES string of the molecule is CCCCCC(C)NC(=NC)NCCN(CCOC)C1CC1.I. The summed E-state index contributed by atoms with van der Waals surface area (Å²) in [7, 11) is 3.62. The van der Waals surface area contributed by atoms with Crippen LogP contribution in [0.4, 0.5) is 0 Å². The van der Waals surface area contributed by atoms with Crippen LogP contribution < -0.4 is 10.6 Å². The van der Waals surface area contributed by atoms with Crippen LogP contribution in [0.25, 0.3) is 0 Å². The number of rotatable bonds is 12. The third kappa shape index (κ3) is 11.2. The highest BCUT2D eigenvalue weighted by molar-refractivity contribution is 14.0. The lowest BCUT2D eigenvalue weighted by atomic mass is 10.1. The number of guanidine groups is 1. The Balaban J connectivity index is 0.00000484. The summed E-state index contributed by atoms with van der Waals surface area (Å²) in [5.74, 6) is 0.923. The molecule has 1 aliphatic carbocycles. The molecule has 0 bridgehead atoms. The minimum Gasteiger partial charge on any atom is -0.383 e. The van der Waals surface area contributed by atoms with Crippen molar-refractivity contribution in [3.05, 3.63) is 0 Å². The van der Waals surface area contributed by atoms with E-state index in [0.717, 1.165) is 38.2 Å². The second-order valence-electron chi connectivity index (χ2n) is 6.30. The molecule has 1 rings (SSSR count). The minimum absolute atomic E-state index is 0. The van der Waals surface area contributed by atoms with Crippen LogP contribution in [-0.2, 0) is 4.74 Å². The van der Waals surface area contributed by atoms with E-state index < -0.39 is 0 Å². The molecule has 0 aromatic carbocycles. The molecule has 0 spiro atoms. The van der Waals surface area contributed by atoms with Gasteiger partial charge in [-0.1, -0.05) is 26.2 Å². The Kier molecular flexibility index (Phi) is 14.2. The van der Waals surface area contributed by atoms with E-state index in [4.69, 9.17) is 4.74 Å². The molecule has 1 unspecified atom stereocenters. The Labute approximate surface area is 160 Å². The molecule has 23 heavy (non-hydrogen) atoms. The average Bonchev–Trinajstić information content (AvgIpc) is 3.34. The van der Waals surface area contributed by atoms with Crippen molar-refractivity contribution in [2.24, 2.45) is 4.99 Å². The largest absolute Gasteiger partial charge is 0.383 e. The zero-order valence-corrected chi connectivity index (χ0v) is 17.8. The van der Waals surface area contributed by atoms with Gasteiger partial charge >= 0.3 is 0 Å². The Morgan fingerprint density at radius 2 is 2.04 bits per heavy atom. The van der Waals surface area contributed by atoms with Gasteiger partial charge in [0.05, 0.1) is 6.61 Å². The normalized spacial score (nSPS) is 16.1. The Morgan fingerprint density at radius 3 is 2.61 bits per heavy atom. The quantitative estimate of drug-likeness (QED) is 0.212. The number of unbranched alkanes of at least 4 members (excludes halogenated alkanes) is 2. The van der Waals surface area contributed by atoms with E-state index in [1.165, 1.54) is 38.5 Å². The Hall–Kier alpha value is -0.0800. The lowest BCUT2D eigenvalue weighted by molar-refractivity contribution is 0.144. The molecule has 0 aliphatic heterocycles. The van der Waals surface area contributed by atoms with Gasteiger partial charge in [0, 0.05) is 45.9 Å². The molecule has 0 aromatic heterocycles. The van der Waals surface area contributed by atoms with Crippen molar-refractivity contribution < 1.29 is 4.74 Å². The highest BCUT2D eigenvalue weighted by atomic mass is 127. The van der Waals surface area contributed by atoms with Gasteiger partial charge < -0.3 is 15.4 Å². The Morgan fingerprint density at radius 1 is 1.30 bits per heavy atom. The zero-order valence-electron chi connectivity index (χ0n) is 15.4. The maximum absolute atomic E-state index is 5.20. The molecule has 5 nitrogen and oxygen atoms in total. The predicted molar refractivity (Wildman–Crippen MR) is 110 cm³/mol. The van der Waals surface area contributed by atoms with E-state index in [1.807, 2.05) is 7.05 Å². The average molecular weight is 440 g/mol. The summed E-state index contributed by atoms with van der Waals surface area (Å²) in [5.41, 5.74) is 0. The summed E-state index contributed by atoms with van der Waals surface area (Å²) in [4.78, 5) is 6.85. The predicted octanol–water partition coefficient (Wildman–Crippen LogP) is 2.85. The second kappa shape index (κ2) is 14.3. The van der Waals surface area contributed by atoms with Crippen LogP contribution in [0, 0.1) is 0 Å². The van der Waals surface area contributed by atoms with Gasteiger partial charge in [-0.05, 0) is 26.2 Å². The molecular formula is C17H37IN4O. The van der Waals surface area contributed by atoms with Crippen LogP contribution in [0.1, 0.15) is 52.4 Å². The fourth-order valence-corrected chi connectivity index (χ4v) is 2.64. The fourth-order valence-electron chi connectivity index (χ4n) is 2.64. The van der Waals surface area contributed by atoms with E-state index in [1.54, 1.807) is 7.11 Å².